The minimum Gasteiger partial charge on any atom is -0.385 e. The lowest BCUT2D eigenvalue weighted by atomic mass is 10.1. The van der Waals surface area contributed by atoms with E-state index in [4.69, 9.17) is 0 Å². The van der Waals surface area contributed by atoms with Gasteiger partial charge < -0.3 is 10.2 Å². The molecule has 0 spiro atoms. The van der Waals surface area contributed by atoms with E-state index in [1.807, 2.05) is 30.0 Å². The number of benzene rings is 1. The summed E-state index contributed by atoms with van der Waals surface area (Å²) in [6.45, 7) is 6.83. The number of nitrogens with one attached hydrogen (secondary N) is 1. The van der Waals surface area contributed by atoms with Crippen molar-refractivity contribution in [1.29, 1.82) is 0 Å². The van der Waals surface area contributed by atoms with Crippen molar-refractivity contribution in [3.8, 4) is 0 Å². The second-order valence-electron chi connectivity index (χ2n) is 4.56. The number of nitrogens with zero attached hydrogens (tertiary/aromatic N) is 1. The molecule has 0 atom stereocenters. The van der Waals surface area contributed by atoms with Gasteiger partial charge >= 0.3 is 0 Å². The molecule has 1 fully saturated rings. The topological polar surface area (TPSA) is 32.3 Å². The zero-order valence-electron chi connectivity index (χ0n) is 10.6. The molecule has 1 heterocycles. The van der Waals surface area contributed by atoms with Crippen molar-refractivity contribution in [2.75, 3.05) is 25.0 Å². The van der Waals surface area contributed by atoms with Crippen molar-refractivity contribution in [3.63, 3.8) is 0 Å². The van der Waals surface area contributed by atoms with Crippen LogP contribution in [-0.2, 0) is 0 Å². The van der Waals surface area contributed by atoms with Crippen molar-refractivity contribution in [3.05, 3.63) is 29.3 Å². The maximum Gasteiger partial charge on any atom is 0.253 e. The highest BCUT2D eigenvalue weighted by Crippen LogP contribution is 2.19. The second-order valence-corrected chi connectivity index (χ2v) is 4.56. The first-order valence-corrected chi connectivity index (χ1v) is 6.36. The Balaban J connectivity index is 2.16. The number of amides is 1. The van der Waals surface area contributed by atoms with Gasteiger partial charge in [-0.25, -0.2) is 0 Å². The molecule has 17 heavy (non-hydrogen) atoms. The highest BCUT2D eigenvalue weighted by molar-refractivity contribution is 5.95. The number of carbonyl (C=O) groups is 1. The van der Waals surface area contributed by atoms with Crippen LogP contribution in [0.2, 0.25) is 0 Å². The molecule has 1 saturated heterocycles. The van der Waals surface area contributed by atoms with Crippen LogP contribution in [0.3, 0.4) is 0 Å². The highest BCUT2D eigenvalue weighted by atomic mass is 16.2. The average Bonchev–Trinajstić information content (AvgIpc) is 2.84. The van der Waals surface area contributed by atoms with Crippen LogP contribution in [0.4, 0.5) is 5.69 Å². The van der Waals surface area contributed by atoms with Crippen molar-refractivity contribution < 1.29 is 4.79 Å². The largest absolute Gasteiger partial charge is 0.385 e. The Bertz CT molecular complexity index is 409. The fourth-order valence-corrected chi connectivity index (χ4v) is 2.29. The van der Waals surface area contributed by atoms with Gasteiger partial charge in [-0.2, -0.15) is 0 Å². The zero-order chi connectivity index (χ0) is 12.3. The van der Waals surface area contributed by atoms with Crippen LogP contribution in [0.1, 0.15) is 35.7 Å². The van der Waals surface area contributed by atoms with Gasteiger partial charge in [0.2, 0.25) is 0 Å². The molecule has 3 heteroatoms. The summed E-state index contributed by atoms with van der Waals surface area (Å²) in [5, 5.41) is 3.29. The van der Waals surface area contributed by atoms with E-state index in [0.717, 1.165) is 49.3 Å². The number of carbonyl (C=O) groups excluding carboxylic acids is 1. The molecule has 0 saturated carbocycles. The van der Waals surface area contributed by atoms with Gasteiger partial charge in [0.05, 0.1) is 0 Å². The van der Waals surface area contributed by atoms with E-state index in [9.17, 15) is 4.79 Å². The molecule has 2 rings (SSSR count). The van der Waals surface area contributed by atoms with Gasteiger partial charge in [-0.15, -0.1) is 0 Å². The van der Waals surface area contributed by atoms with Gasteiger partial charge in [-0.05, 0) is 50.5 Å². The van der Waals surface area contributed by atoms with Gasteiger partial charge in [0, 0.05) is 30.9 Å². The van der Waals surface area contributed by atoms with E-state index in [-0.39, 0.29) is 5.91 Å². The van der Waals surface area contributed by atoms with Crippen LogP contribution in [-0.4, -0.2) is 30.4 Å². The molecule has 1 aliphatic heterocycles. The standard InChI is InChI=1S/C14H20N2O/c1-3-15-13-7-6-12(10-11(13)2)14(17)16-8-4-5-9-16/h6-7,10,15H,3-5,8-9H2,1-2H3. The van der Waals surface area contributed by atoms with Gasteiger partial charge in [-0.3, -0.25) is 4.79 Å². The second kappa shape index (κ2) is 5.21. The summed E-state index contributed by atoms with van der Waals surface area (Å²) in [5.74, 6) is 0.175. The predicted molar refractivity (Wildman–Crippen MR) is 70.5 cm³/mol. The summed E-state index contributed by atoms with van der Waals surface area (Å²) in [6.07, 6.45) is 2.28. The Morgan fingerprint density at radius 2 is 2.06 bits per heavy atom. The summed E-state index contributed by atoms with van der Waals surface area (Å²) >= 11 is 0. The monoisotopic (exact) mass is 232 g/mol. The van der Waals surface area contributed by atoms with Crippen LogP contribution < -0.4 is 5.32 Å². The van der Waals surface area contributed by atoms with Crippen LogP contribution in [0.5, 0.6) is 0 Å². The Kier molecular flexibility index (Phi) is 3.67. The molecular formula is C14H20N2O. The minimum atomic E-state index is 0.175. The maximum absolute atomic E-state index is 12.2. The summed E-state index contributed by atoms with van der Waals surface area (Å²) in [7, 11) is 0. The lowest BCUT2D eigenvalue weighted by molar-refractivity contribution is 0.0793. The molecule has 1 amide bonds. The van der Waals surface area contributed by atoms with Crippen LogP contribution in [0, 0.1) is 6.92 Å². The molecule has 1 aromatic carbocycles. The molecule has 0 aromatic heterocycles. The molecule has 0 bridgehead atoms. The van der Waals surface area contributed by atoms with Gasteiger partial charge in [0.1, 0.15) is 0 Å². The Hall–Kier alpha value is -1.51. The number of hydrogen-bond acceptors (Lipinski definition) is 2. The molecular weight excluding hydrogens is 212 g/mol. The normalized spacial score (nSPS) is 15.1. The number of hydrogen-bond donors (Lipinski definition) is 1. The van der Waals surface area contributed by atoms with Crippen LogP contribution in [0.25, 0.3) is 0 Å². The van der Waals surface area contributed by atoms with Gasteiger partial charge in [-0.1, -0.05) is 0 Å². The van der Waals surface area contributed by atoms with Crippen molar-refractivity contribution >= 4 is 11.6 Å². The van der Waals surface area contributed by atoms with E-state index >= 15 is 0 Å². The van der Waals surface area contributed by atoms with E-state index in [2.05, 4.69) is 12.2 Å². The fraction of sp³-hybridized carbons (Fsp3) is 0.500. The smallest absolute Gasteiger partial charge is 0.253 e. The molecule has 1 aromatic rings. The minimum absolute atomic E-state index is 0.175. The number of anilines is 1. The Labute approximate surface area is 103 Å². The molecule has 3 nitrogen and oxygen atoms in total. The summed E-state index contributed by atoms with van der Waals surface area (Å²) in [4.78, 5) is 14.1. The highest BCUT2D eigenvalue weighted by Gasteiger charge is 2.19. The number of aryl methyl sites for hydroxylation is 1. The zero-order valence-corrected chi connectivity index (χ0v) is 10.6. The quantitative estimate of drug-likeness (QED) is 0.869. The summed E-state index contributed by atoms with van der Waals surface area (Å²) in [5.41, 5.74) is 3.06. The number of likely N-dealkylation sites (tertiary alicyclic amines) is 1. The third-order valence-electron chi connectivity index (χ3n) is 3.23. The molecule has 0 radical (unpaired) electrons. The molecule has 1 N–H and O–H groups in total. The van der Waals surface area contributed by atoms with Gasteiger partial charge in [0.15, 0.2) is 0 Å². The fourth-order valence-electron chi connectivity index (χ4n) is 2.29. The molecule has 0 unspecified atom stereocenters. The lowest BCUT2D eigenvalue weighted by Gasteiger charge is -2.16. The third kappa shape index (κ3) is 2.60. The van der Waals surface area contributed by atoms with E-state index in [1.165, 1.54) is 0 Å². The van der Waals surface area contributed by atoms with Crippen LogP contribution >= 0.6 is 0 Å². The first-order valence-electron chi connectivity index (χ1n) is 6.36. The van der Waals surface area contributed by atoms with Crippen molar-refractivity contribution in [2.45, 2.75) is 26.7 Å². The average molecular weight is 232 g/mol. The maximum atomic E-state index is 12.2. The molecule has 92 valence electrons. The van der Waals surface area contributed by atoms with Crippen molar-refractivity contribution in [1.82, 2.24) is 4.90 Å². The Morgan fingerprint density at radius 1 is 1.35 bits per heavy atom. The Morgan fingerprint density at radius 3 is 2.65 bits per heavy atom. The van der Waals surface area contributed by atoms with Crippen molar-refractivity contribution in [2.24, 2.45) is 0 Å². The van der Waals surface area contributed by atoms with E-state index < -0.39 is 0 Å². The number of rotatable bonds is 3. The van der Waals surface area contributed by atoms with Gasteiger partial charge in [0.25, 0.3) is 5.91 Å². The molecule has 0 aliphatic carbocycles. The third-order valence-corrected chi connectivity index (χ3v) is 3.23. The summed E-state index contributed by atoms with van der Waals surface area (Å²) < 4.78 is 0. The van der Waals surface area contributed by atoms with E-state index in [1.54, 1.807) is 0 Å². The SMILES string of the molecule is CCNc1ccc(C(=O)N2CCCC2)cc1C. The first-order chi connectivity index (χ1) is 8.22. The first kappa shape index (κ1) is 12.0. The lowest BCUT2D eigenvalue weighted by Crippen LogP contribution is -2.27. The van der Waals surface area contributed by atoms with E-state index in [0.29, 0.717) is 0 Å². The summed E-state index contributed by atoms with van der Waals surface area (Å²) in [6, 6.07) is 5.91. The predicted octanol–water partition coefficient (Wildman–Crippen LogP) is 2.66. The van der Waals surface area contributed by atoms with Crippen LogP contribution in [0.15, 0.2) is 18.2 Å². The molecule has 1 aliphatic rings.